The number of benzene rings is 1. The fourth-order valence-electron chi connectivity index (χ4n) is 1.81. The molecule has 0 unspecified atom stereocenters. The lowest BCUT2D eigenvalue weighted by molar-refractivity contribution is 0.580. The molecule has 5 heteroatoms. The number of nitrogens with one attached hydrogen (secondary N) is 1. The molecule has 19 heavy (non-hydrogen) atoms. The molecular weight excluding hydrogens is 250 g/mol. The van der Waals surface area contributed by atoms with E-state index in [0.717, 1.165) is 6.07 Å². The van der Waals surface area contributed by atoms with Crippen LogP contribution in [-0.4, -0.2) is 9.97 Å². The first-order valence-corrected chi connectivity index (χ1v) is 5.99. The van der Waals surface area contributed by atoms with Gasteiger partial charge in [0, 0.05) is 18.6 Å². The topological polar surface area (TPSA) is 45.8 Å². The van der Waals surface area contributed by atoms with Gasteiger partial charge in [0.1, 0.15) is 17.5 Å². The third-order valence-electron chi connectivity index (χ3n) is 2.70. The predicted octanol–water partition coefficient (Wildman–Crippen LogP) is 2.76. The van der Waals surface area contributed by atoms with Crippen molar-refractivity contribution in [3.63, 3.8) is 0 Å². The summed E-state index contributed by atoms with van der Waals surface area (Å²) in [4.78, 5) is 18.4. The monoisotopic (exact) mass is 264 g/mol. The van der Waals surface area contributed by atoms with Gasteiger partial charge >= 0.3 is 0 Å². The van der Waals surface area contributed by atoms with Gasteiger partial charge in [-0.1, -0.05) is 13.8 Å². The molecule has 1 N–H and O–H groups in total. The molecule has 2 aromatic rings. The summed E-state index contributed by atoms with van der Waals surface area (Å²) in [6.07, 6.45) is 0.185. The van der Waals surface area contributed by atoms with Crippen LogP contribution in [0.5, 0.6) is 0 Å². The highest BCUT2D eigenvalue weighted by Crippen LogP contribution is 2.13. The fraction of sp³-hybridized carbons (Fsp3) is 0.286. The summed E-state index contributed by atoms with van der Waals surface area (Å²) in [5, 5.41) is 0. The van der Waals surface area contributed by atoms with Gasteiger partial charge in [0.2, 0.25) is 0 Å². The van der Waals surface area contributed by atoms with Crippen LogP contribution in [0.4, 0.5) is 8.78 Å². The van der Waals surface area contributed by atoms with E-state index in [1.165, 1.54) is 18.2 Å². The van der Waals surface area contributed by atoms with Crippen LogP contribution in [0.25, 0.3) is 0 Å². The van der Waals surface area contributed by atoms with Crippen LogP contribution in [0.2, 0.25) is 0 Å². The minimum atomic E-state index is -0.641. The van der Waals surface area contributed by atoms with Crippen LogP contribution in [0.3, 0.4) is 0 Å². The highest BCUT2D eigenvalue weighted by Gasteiger charge is 2.07. The number of hydrogen-bond donors (Lipinski definition) is 1. The molecule has 0 aliphatic rings. The van der Waals surface area contributed by atoms with Crippen molar-refractivity contribution in [3.05, 3.63) is 63.3 Å². The first-order valence-electron chi connectivity index (χ1n) is 5.99. The average Bonchev–Trinajstić information content (AvgIpc) is 2.26. The number of H-pyrrole nitrogens is 1. The van der Waals surface area contributed by atoms with Crippen molar-refractivity contribution >= 4 is 0 Å². The van der Waals surface area contributed by atoms with Gasteiger partial charge in [0.15, 0.2) is 0 Å². The van der Waals surface area contributed by atoms with Crippen molar-refractivity contribution in [2.75, 3.05) is 0 Å². The van der Waals surface area contributed by atoms with Gasteiger partial charge < -0.3 is 4.98 Å². The molecule has 0 amide bonds. The maximum absolute atomic E-state index is 13.1. The lowest BCUT2D eigenvalue weighted by Crippen LogP contribution is -2.14. The van der Waals surface area contributed by atoms with Gasteiger partial charge in [-0.15, -0.1) is 0 Å². The summed E-state index contributed by atoms with van der Waals surface area (Å²) < 4.78 is 26.2. The summed E-state index contributed by atoms with van der Waals surface area (Å²) in [6.45, 7) is 3.85. The Labute approximate surface area is 109 Å². The molecule has 100 valence electrons. The van der Waals surface area contributed by atoms with Gasteiger partial charge in [0.25, 0.3) is 5.56 Å². The Kier molecular flexibility index (Phi) is 3.74. The fourth-order valence-corrected chi connectivity index (χ4v) is 1.81. The van der Waals surface area contributed by atoms with Gasteiger partial charge in [-0.2, -0.15) is 0 Å². The summed E-state index contributed by atoms with van der Waals surface area (Å²) in [7, 11) is 0. The molecule has 0 spiro atoms. The van der Waals surface area contributed by atoms with E-state index in [9.17, 15) is 13.6 Å². The zero-order valence-corrected chi connectivity index (χ0v) is 10.7. The lowest BCUT2D eigenvalue weighted by atomic mass is 10.1. The van der Waals surface area contributed by atoms with Crippen LogP contribution in [0.1, 0.15) is 36.8 Å². The first-order chi connectivity index (χ1) is 8.94. The highest BCUT2D eigenvalue weighted by molar-refractivity contribution is 5.22. The van der Waals surface area contributed by atoms with Crippen molar-refractivity contribution in [2.45, 2.75) is 26.2 Å². The molecule has 1 aromatic carbocycles. The van der Waals surface area contributed by atoms with Crippen LogP contribution < -0.4 is 5.56 Å². The second-order valence-corrected chi connectivity index (χ2v) is 4.73. The van der Waals surface area contributed by atoms with E-state index in [4.69, 9.17) is 0 Å². The first kappa shape index (κ1) is 13.4. The third-order valence-corrected chi connectivity index (χ3v) is 2.70. The number of rotatable bonds is 3. The minimum Gasteiger partial charge on any atom is -0.310 e. The van der Waals surface area contributed by atoms with E-state index in [0.29, 0.717) is 17.1 Å². The number of nitrogens with zero attached hydrogens (tertiary/aromatic N) is 1. The molecule has 1 heterocycles. The minimum absolute atomic E-state index is 0.116. The van der Waals surface area contributed by atoms with Crippen molar-refractivity contribution in [2.24, 2.45) is 0 Å². The molecule has 0 radical (unpaired) electrons. The molecule has 0 aliphatic carbocycles. The van der Waals surface area contributed by atoms with E-state index in [-0.39, 0.29) is 17.9 Å². The van der Waals surface area contributed by atoms with Gasteiger partial charge in [-0.05, 0) is 23.6 Å². The van der Waals surface area contributed by atoms with E-state index in [2.05, 4.69) is 9.97 Å². The number of hydrogen-bond acceptors (Lipinski definition) is 2. The summed E-state index contributed by atoms with van der Waals surface area (Å²) in [5.74, 6) is -0.763. The molecule has 1 aromatic heterocycles. The zero-order valence-electron chi connectivity index (χ0n) is 10.7. The highest BCUT2D eigenvalue weighted by atomic mass is 19.1. The van der Waals surface area contributed by atoms with E-state index < -0.39 is 11.6 Å². The van der Waals surface area contributed by atoms with E-state index in [1.807, 2.05) is 13.8 Å². The maximum Gasteiger partial charge on any atom is 0.251 e. The molecule has 0 fully saturated rings. The number of halogens is 2. The van der Waals surface area contributed by atoms with Crippen LogP contribution in [-0.2, 0) is 6.42 Å². The Morgan fingerprint density at radius 3 is 2.37 bits per heavy atom. The van der Waals surface area contributed by atoms with Crippen LogP contribution in [0, 0.1) is 11.6 Å². The third kappa shape index (κ3) is 3.47. The Bertz CT molecular complexity index is 630. The average molecular weight is 264 g/mol. The smallest absolute Gasteiger partial charge is 0.251 e. The summed E-state index contributed by atoms with van der Waals surface area (Å²) >= 11 is 0. The standard InChI is InChI=1S/C14H14F2N2O/c1-8(2)12-7-14(19)18-13(17-12)5-9-3-10(15)6-11(16)4-9/h3-4,6-8H,5H2,1-2H3,(H,17,18,19). The molecule has 3 nitrogen and oxygen atoms in total. The van der Waals surface area contributed by atoms with Crippen molar-refractivity contribution in [1.29, 1.82) is 0 Å². The molecule has 0 bridgehead atoms. The number of aromatic amines is 1. The summed E-state index contributed by atoms with van der Waals surface area (Å²) in [6, 6.07) is 4.70. The van der Waals surface area contributed by atoms with Gasteiger partial charge in [-0.25, -0.2) is 13.8 Å². The molecule has 0 aliphatic heterocycles. The lowest BCUT2D eigenvalue weighted by Gasteiger charge is -2.07. The van der Waals surface area contributed by atoms with Crippen molar-refractivity contribution < 1.29 is 8.78 Å². The second-order valence-electron chi connectivity index (χ2n) is 4.73. The quantitative estimate of drug-likeness (QED) is 0.926. The Hall–Kier alpha value is -2.04. The molecule has 0 saturated heterocycles. The van der Waals surface area contributed by atoms with Crippen molar-refractivity contribution in [1.82, 2.24) is 9.97 Å². The van der Waals surface area contributed by atoms with Gasteiger partial charge in [-0.3, -0.25) is 4.79 Å². The largest absolute Gasteiger partial charge is 0.310 e. The molecular formula is C14H14F2N2O. The second kappa shape index (κ2) is 5.30. The SMILES string of the molecule is CC(C)c1cc(=O)[nH]c(Cc2cc(F)cc(F)c2)n1. The van der Waals surface area contributed by atoms with Crippen molar-refractivity contribution in [3.8, 4) is 0 Å². The predicted molar refractivity (Wildman–Crippen MR) is 68.1 cm³/mol. The summed E-state index contributed by atoms with van der Waals surface area (Å²) in [5.41, 5.74) is 0.836. The number of aromatic nitrogens is 2. The van der Waals surface area contributed by atoms with Gasteiger partial charge in [0.05, 0.1) is 5.69 Å². The molecule has 0 atom stereocenters. The zero-order chi connectivity index (χ0) is 14.0. The molecule has 0 saturated carbocycles. The Balaban J connectivity index is 2.35. The normalized spacial score (nSPS) is 11.0. The van der Waals surface area contributed by atoms with Crippen LogP contribution in [0.15, 0.2) is 29.1 Å². The van der Waals surface area contributed by atoms with E-state index in [1.54, 1.807) is 0 Å². The Morgan fingerprint density at radius 2 is 1.79 bits per heavy atom. The van der Waals surface area contributed by atoms with Crippen LogP contribution >= 0.6 is 0 Å². The molecule has 2 rings (SSSR count). The van der Waals surface area contributed by atoms with E-state index >= 15 is 0 Å². The Morgan fingerprint density at radius 1 is 1.16 bits per heavy atom. The maximum atomic E-state index is 13.1.